The summed E-state index contributed by atoms with van der Waals surface area (Å²) in [6.07, 6.45) is 3.41. The van der Waals surface area contributed by atoms with E-state index in [0.717, 1.165) is 25.8 Å². The van der Waals surface area contributed by atoms with Crippen molar-refractivity contribution < 1.29 is 4.79 Å². The van der Waals surface area contributed by atoms with Crippen molar-refractivity contribution in [3.63, 3.8) is 0 Å². The molecule has 0 aliphatic heterocycles. The summed E-state index contributed by atoms with van der Waals surface area (Å²) >= 11 is 0. The zero-order valence-electron chi connectivity index (χ0n) is 7.47. The Balaban J connectivity index is 2.12. The lowest BCUT2D eigenvalue weighted by atomic mass is 10.2. The third-order valence-electron chi connectivity index (χ3n) is 2.06. The van der Waals surface area contributed by atoms with Crippen LogP contribution in [0.4, 0.5) is 0 Å². The molecule has 0 spiro atoms. The topological polar surface area (TPSA) is 20.3 Å². The molecule has 64 valence electrons. The largest absolute Gasteiger partial charge is 0.299 e. The lowest BCUT2D eigenvalue weighted by Gasteiger charge is -2.13. The van der Waals surface area contributed by atoms with Crippen molar-refractivity contribution in [1.29, 1.82) is 0 Å². The first-order chi connectivity index (χ1) is 5.24. The minimum atomic E-state index is 0.425. The van der Waals surface area contributed by atoms with Gasteiger partial charge in [0.1, 0.15) is 5.78 Å². The monoisotopic (exact) mass is 155 g/mol. The van der Waals surface area contributed by atoms with Crippen molar-refractivity contribution >= 4 is 5.78 Å². The van der Waals surface area contributed by atoms with Crippen molar-refractivity contribution in [3.8, 4) is 0 Å². The van der Waals surface area contributed by atoms with Crippen molar-refractivity contribution in [2.75, 3.05) is 20.1 Å². The zero-order chi connectivity index (χ0) is 8.27. The van der Waals surface area contributed by atoms with E-state index in [9.17, 15) is 4.79 Å². The van der Waals surface area contributed by atoms with Gasteiger partial charge >= 0.3 is 0 Å². The highest BCUT2D eigenvalue weighted by Gasteiger charge is 2.29. The molecule has 0 radical (unpaired) electrons. The molecule has 0 aromatic heterocycles. The van der Waals surface area contributed by atoms with Crippen LogP contribution in [0.3, 0.4) is 0 Å². The Kier molecular flexibility index (Phi) is 3.06. The van der Waals surface area contributed by atoms with Gasteiger partial charge in [-0.3, -0.25) is 9.69 Å². The number of hydrogen-bond donors (Lipinski definition) is 0. The van der Waals surface area contributed by atoms with Crippen molar-refractivity contribution in [1.82, 2.24) is 4.90 Å². The number of ketones is 1. The molecule has 1 rings (SSSR count). The molecule has 1 aliphatic carbocycles. The molecule has 0 N–H and O–H groups in total. The van der Waals surface area contributed by atoms with Gasteiger partial charge in [0, 0.05) is 5.92 Å². The molecular formula is C9H17NO. The number of Topliss-reactive ketones (excluding diaryl/α,β-unsaturated/α-hetero) is 1. The minimum Gasteiger partial charge on any atom is -0.299 e. The van der Waals surface area contributed by atoms with Crippen LogP contribution in [0.1, 0.15) is 26.2 Å². The third-order valence-corrected chi connectivity index (χ3v) is 2.06. The number of rotatable bonds is 5. The summed E-state index contributed by atoms with van der Waals surface area (Å²) in [5.74, 6) is 0.871. The first-order valence-electron chi connectivity index (χ1n) is 4.45. The van der Waals surface area contributed by atoms with Crippen LogP contribution in [0.5, 0.6) is 0 Å². The van der Waals surface area contributed by atoms with Gasteiger partial charge in [0.05, 0.1) is 6.54 Å². The Morgan fingerprint density at radius 2 is 2.18 bits per heavy atom. The van der Waals surface area contributed by atoms with E-state index >= 15 is 0 Å². The Hall–Kier alpha value is -0.370. The molecule has 0 amide bonds. The molecular weight excluding hydrogens is 138 g/mol. The van der Waals surface area contributed by atoms with Gasteiger partial charge in [0.15, 0.2) is 0 Å². The second-order valence-corrected chi connectivity index (χ2v) is 3.48. The van der Waals surface area contributed by atoms with E-state index in [4.69, 9.17) is 0 Å². The van der Waals surface area contributed by atoms with Crippen LogP contribution >= 0.6 is 0 Å². The third kappa shape index (κ3) is 3.02. The molecule has 0 aromatic rings. The number of nitrogens with zero attached hydrogens (tertiary/aromatic N) is 1. The number of carbonyl (C=O) groups excluding carboxylic acids is 1. The Labute approximate surface area is 68.6 Å². The van der Waals surface area contributed by atoms with Crippen LogP contribution < -0.4 is 0 Å². The van der Waals surface area contributed by atoms with Gasteiger partial charge < -0.3 is 0 Å². The van der Waals surface area contributed by atoms with Crippen molar-refractivity contribution in [2.24, 2.45) is 5.92 Å². The van der Waals surface area contributed by atoms with E-state index in [1.807, 2.05) is 7.05 Å². The van der Waals surface area contributed by atoms with Gasteiger partial charge in [0.25, 0.3) is 0 Å². The molecule has 0 aromatic carbocycles. The van der Waals surface area contributed by atoms with Gasteiger partial charge in [-0.05, 0) is 32.9 Å². The van der Waals surface area contributed by atoms with Gasteiger partial charge in [-0.1, -0.05) is 6.92 Å². The SMILES string of the molecule is CCCN(C)CC(=O)C1CC1. The summed E-state index contributed by atoms with van der Waals surface area (Å²) in [6, 6.07) is 0. The highest BCUT2D eigenvalue weighted by atomic mass is 16.1. The molecule has 11 heavy (non-hydrogen) atoms. The molecule has 2 heteroatoms. The maximum atomic E-state index is 11.2. The predicted molar refractivity (Wildman–Crippen MR) is 45.5 cm³/mol. The van der Waals surface area contributed by atoms with Crippen molar-refractivity contribution in [3.05, 3.63) is 0 Å². The second kappa shape index (κ2) is 3.86. The smallest absolute Gasteiger partial charge is 0.149 e. The summed E-state index contributed by atoms with van der Waals surface area (Å²) in [6.45, 7) is 3.84. The van der Waals surface area contributed by atoms with E-state index in [1.165, 1.54) is 0 Å². The lowest BCUT2D eigenvalue weighted by Crippen LogP contribution is -2.27. The van der Waals surface area contributed by atoms with E-state index < -0.39 is 0 Å². The first-order valence-corrected chi connectivity index (χ1v) is 4.45. The quantitative estimate of drug-likeness (QED) is 0.596. The van der Waals surface area contributed by atoms with E-state index in [0.29, 0.717) is 18.2 Å². The average Bonchev–Trinajstić information content (AvgIpc) is 2.67. The Morgan fingerprint density at radius 1 is 1.55 bits per heavy atom. The van der Waals surface area contributed by atoms with Gasteiger partial charge in [-0.15, -0.1) is 0 Å². The maximum Gasteiger partial charge on any atom is 0.149 e. The fraction of sp³-hybridized carbons (Fsp3) is 0.889. The van der Waals surface area contributed by atoms with E-state index in [1.54, 1.807) is 0 Å². The lowest BCUT2D eigenvalue weighted by molar-refractivity contribution is -0.121. The minimum absolute atomic E-state index is 0.425. The molecule has 0 unspecified atom stereocenters. The standard InChI is InChI=1S/C9H17NO/c1-3-6-10(2)7-9(11)8-4-5-8/h8H,3-7H2,1-2H3. The zero-order valence-corrected chi connectivity index (χ0v) is 7.47. The van der Waals surface area contributed by atoms with Crippen LogP contribution in [0.15, 0.2) is 0 Å². The van der Waals surface area contributed by atoms with E-state index in [2.05, 4.69) is 11.8 Å². The molecule has 1 saturated carbocycles. The second-order valence-electron chi connectivity index (χ2n) is 3.48. The highest BCUT2D eigenvalue weighted by Crippen LogP contribution is 2.29. The normalized spacial score (nSPS) is 17.4. The van der Waals surface area contributed by atoms with Crippen LogP contribution in [0, 0.1) is 5.92 Å². The molecule has 0 heterocycles. The first kappa shape index (κ1) is 8.72. The average molecular weight is 155 g/mol. The molecule has 0 atom stereocenters. The molecule has 2 nitrogen and oxygen atoms in total. The van der Waals surface area contributed by atoms with Crippen LogP contribution in [0.25, 0.3) is 0 Å². The number of likely N-dealkylation sites (N-methyl/N-ethyl adjacent to an activating group) is 1. The van der Waals surface area contributed by atoms with Crippen molar-refractivity contribution in [2.45, 2.75) is 26.2 Å². The predicted octanol–water partition coefficient (Wildman–Crippen LogP) is 1.31. The van der Waals surface area contributed by atoms with Gasteiger partial charge in [0.2, 0.25) is 0 Å². The van der Waals surface area contributed by atoms with Gasteiger partial charge in [-0.2, -0.15) is 0 Å². The van der Waals surface area contributed by atoms with E-state index in [-0.39, 0.29) is 0 Å². The highest BCUT2D eigenvalue weighted by molar-refractivity contribution is 5.84. The van der Waals surface area contributed by atoms with Gasteiger partial charge in [-0.25, -0.2) is 0 Å². The summed E-state index contributed by atoms with van der Waals surface area (Å²) in [7, 11) is 2.02. The Morgan fingerprint density at radius 3 is 2.64 bits per heavy atom. The number of carbonyl (C=O) groups is 1. The fourth-order valence-electron chi connectivity index (χ4n) is 1.26. The Bertz CT molecular complexity index is 140. The molecule has 1 aliphatic rings. The van der Waals surface area contributed by atoms with Crippen LogP contribution in [-0.2, 0) is 4.79 Å². The molecule has 1 fully saturated rings. The summed E-state index contributed by atoms with van der Waals surface area (Å²) in [4.78, 5) is 13.4. The maximum absolute atomic E-state index is 11.2. The van der Waals surface area contributed by atoms with Crippen LogP contribution in [-0.4, -0.2) is 30.8 Å². The number of hydrogen-bond acceptors (Lipinski definition) is 2. The molecule has 0 bridgehead atoms. The summed E-state index contributed by atoms with van der Waals surface area (Å²) in [5.41, 5.74) is 0. The van der Waals surface area contributed by atoms with Crippen LogP contribution in [0.2, 0.25) is 0 Å². The summed E-state index contributed by atoms with van der Waals surface area (Å²) < 4.78 is 0. The summed E-state index contributed by atoms with van der Waals surface area (Å²) in [5, 5.41) is 0. The molecule has 0 saturated heterocycles. The fourth-order valence-corrected chi connectivity index (χ4v) is 1.26.